The van der Waals surface area contributed by atoms with Crippen molar-refractivity contribution in [2.45, 2.75) is 19.8 Å². The summed E-state index contributed by atoms with van der Waals surface area (Å²) in [5.41, 5.74) is 0. The lowest BCUT2D eigenvalue weighted by Crippen LogP contribution is -2.07. The number of rotatable bonds is 7. The lowest BCUT2D eigenvalue weighted by Gasteiger charge is -2.07. The van der Waals surface area contributed by atoms with Crippen LogP contribution in [0.3, 0.4) is 0 Å². The van der Waals surface area contributed by atoms with Gasteiger partial charge in [0, 0.05) is 6.61 Å². The minimum atomic E-state index is -0.286. The summed E-state index contributed by atoms with van der Waals surface area (Å²) in [5, 5.41) is 0. The van der Waals surface area contributed by atoms with Crippen LogP contribution in [0.2, 0.25) is 0 Å². The van der Waals surface area contributed by atoms with Gasteiger partial charge in [-0.3, -0.25) is 0 Å². The fourth-order valence-electron chi connectivity index (χ4n) is 1.13. The highest BCUT2D eigenvalue weighted by atomic mass is 79.9. The Hall–Kier alpha value is -0.610. The first-order chi connectivity index (χ1) is 7.74. The summed E-state index contributed by atoms with van der Waals surface area (Å²) in [6, 6.07) is 4.59. The van der Waals surface area contributed by atoms with Crippen molar-refractivity contribution in [1.82, 2.24) is 0 Å². The number of ether oxygens (including phenoxy) is 2. The van der Waals surface area contributed by atoms with E-state index in [2.05, 4.69) is 22.9 Å². The van der Waals surface area contributed by atoms with Gasteiger partial charge in [-0.05, 0) is 40.5 Å². The van der Waals surface area contributed by atoms with E-state index in [1.54, 1.807) is 12.1 Å². The molecular weight excluding hydrogens is 275 g/mol. The standard InChI is InChI=1S/C12H16BrFO2/c1-2-3-6-15-7-8-16-10-4-5-12(14)11(13)9-10/h4-5,9H,2-3,6-8H2,1H3. The van der Waals surface area contributed by atoms with Crippen molar-refractivity contribution in [3.8, 4) is 5.75 Å². The normalized spacial score (nSPS) is 10.4. The first kappa shape index (κ1) is 13.5. The van der Waals surface area contributed by atoms with Crippen LogP contribution in [0, 0.1) is 5.82 Å². The molecule has 0 saturated heterocycles. The van der Waals surface area contributed by atoms with E-state index in [4.69, 9.17) is 9.47 Å². The van der Waals surface area contributed by atoms with E-state index in [9.17, 15) is 4.39 Å². The summed E-state index contributed by atoms with van der Waals surface area (Å²) in [5.74, 6) is 0.360. The van der Waals surface area contributed by atoms with Crippen LogP contribution in [-0.2, 0) is 4.74 Å². The summed E-state index contributed by atoms with van der Waals surface area (Å²) in [4.78, 5) is 0. The van der Waals surface area contributed by atoms with E-state index in [-0.39, 0.29) is 5.82 Å². The first-order valence-corrected chi connectivity index (χ1v) is 6.19. The van der Waals surface area contributed by atoms with Crippen LogP contribution in [0.1, 0.15) is 19.8 Å². The Morgan fingerprint density at radius 2 is 2.06 bits per heavy atom. The predicted molar refractivity (Wildman–Crippen MR) is 65.3 cm³/mol. The molecule has 1 rings (SSSR count). The molecule has 0 radical (unpaired) electrons. The van der Waals surface area contributed by atoms with Crippen LogP contribution < -0.4 is 4.74 Å². The smallest absolute Gasteiger partial charge is 0.137 e. The van der Waals surface area contributed by atoms with Crippen LogP contribution in [0.4, 0.5) is 4.39 Å². The third-order valence-corrected chi connectivity index (χ3v) is 2.64. The van der Waals surface area contributed by atoms with E-state index >= 15 is 0 Å². The maximum Gasteiger partial charge on any atom is 0.137 e. The molecule has 1 aromatic rings. The summed E-state index contributed by atoms with van der Waals surface area (Å²) >= 11 is 3.10. The van der Waals surface area contributed by atoms with E-state index in [0.29, 0.717) is 23.4 Å². The SMILES string of the molecule is CCCCOCCOc1ccc(F)c(Br)c1. The van der Waals surface area contributed by atoms with Crippen molar-refractivity contribution in [3.05, 3.63) is 28.5 Å². The Bertz CT molecular complexity index is 318. The van der Waals surface area contributed by atoms with Crippen molar-refractivity contribution in [1.29, 1.82) is 0 Å². The van der Waals surface area contributed by atoms with Gasteiger partial charge in [0.1, 0.15) is 18.2 Å². The molecule has 0 unspecified atom stereocenters. The molecule has 0 bridgehead atoms. The highest BCUT2D eigenvalue weighted by Crippen LogP contribution is 2.21. The number of benzene rings is 1. The second kappa shape index (κ2) is 7.63. The Balaban J connectivity index is 2.19. The highest BCUT2D eigenvalue weighted by Gasteiger charge is 2.00. The molecule has 0 atom stereocenters. The molecule has 0 aromatic heterocycles. The summed E-state index contributed by atoms with van der Waals surface area (Å²) in [6.45, 7) is 3.94. The zero-order valence-corrected chi connectivity index (χ0v) is 10.9. The minimum Gasteiger partial charge on any atom is -0.491 e. The fourth-order valence-corrected chi connectivity index (χ4v) is 1.49. The number of unbranched alkanes of at least 4 members (excludes halogenated alkanes) is 1. The second-order valence-corrected chi connectivity index (χ2v) is 4.24. The zero-order valence-electron chi connectivity index (χ0n) is 9.34. The highest BCUT2D eigenvalue weighted by molar-refractivity contribution is 9.10. The second-order valence-electron chi connectivity index (χ2n) is 3.39. The Labute approximate surface area is 104 Å². The van der Waals surface area contributed by atoms with E-state index < -0.39 is 0 Å². The van der Waals surface area contributed by atoms with Gasteiger partial charge >= 0.3 is 0 Å². The van der Waals surface area contributed by atoms with Gasteiger partial charge in [0.05, 0.1) is 11.1 Å². The minimum absolute atomic E-state index is 0.286. The van der Waals surface area contributed by atoms with Crippen LogP contribution >= 0.6 is 15.9 Å². The largest absolute Gasteiger partial charge is 0.491 e. The van der Waals surface area contributed by atoms with Gasteiger partial charge in [-0.15, -0.1) is 0 Å². The Kier molecular flexibility index (Phi) is 6.42. The van der Waals surface area contributed by atoms with Gasteiger partial charge in [-0.2, -0.15) is 0 Å². The van der Waals surface area contributed by atoms with E-state index in [1.165, 1.54) is 6.07 Å². The van der Waals surface area contributed by atoms with Crippen LogP contribution in [-0.4, -0.2) is 19.8 Å². The van der Waals surface area contributed by atoms with E-state index in [1.807, 2.05) is 0 Å². The molecule has 90 valence electrons. The zero-order chi connectivity index (χ0) is 11.8. The van der Waals surface area contributed by atoms with Crippen molar-refractivity contribution in [2.24, 2.45) is 0 Å². The Morgan fingerprint density at radius 3 is 2.75 bits per heavy atom. The molecule has 0 aliphatic rings. The molecule has 0 saturated carbocycles. The van der Waals surface area contributed by atoms with Gasteiger partial charge < -0.3 is 9.47 Å². The molecule has 0 aliphatic carbocycles. The molecule has 0 N–H and O–H groups in total. The maximum absolute atomic E-state index is 12.9. The van der Waals surface area contributed by atoms with Crippen molar-refractivity contribution in [3.63, 3.8) is 0 Å². The molecular formula is C12H16BrFO2. The van der Waals surface area contributed by atoms with Crippen LogP contribution in [0.5, 0.6) is 5.75 Å². The molecule has 0 aliphatic heterocycles. The number of hydrogen-bond acceptors (Lipinski definition) is 2. The van der Waals surface area contributed by atoms with Crippen molar-refractivity contribution in [2.75, 3.05) is 19.8 Å². The third kappa shape index (κ3) is 4.94. The van der Waals surface area contributed by atoms with Crippen LogP contribution in [0.25, 0.3) is 0 Å². The maximum atomic E-state index is 12.9. The molecule has 0 heterocycles. The summed E-state index contributed by atoms with van der Waals surface area (Å²) < 4.78 is 24.1. The topological polar surface area (TPSA) is 18.5 Å². The first-order valence-electron chi connectivity index (χ1n) is 5.39. The molecule has 2 nitrogen and oxygen atoms in total. The summed E-state index contributed by atoms with van der Waals surface area (Å²) in [7, 11) is 0. The molecule has 0 amide bonds. The molecule has 16 heavy (non-hydrogen) atoms. The average Bonchev–Trinajstić information content (AvgIpc) is 2.28. The Morgan fingerprint density at radius 1 is 1.25 bits per heavy atom. The lowest BCUT2D eigenvalue weighted by atomic mass is 10.3. The predicted octanol–water partition coefficient (Wildman–Crippen LogP) is 3.78. The molecule has 1 aromatic carbocycles. The van der Waals surface area contributed by atoms with Crippen molar-refractivity contribution < 1.29 is 13.9 Å². The quantitative estimate of drug-likeness (QED) is 0.712. The van der Waals surface area contributed by atoms with Gasteiger partial charge in [0.15, 0.2) is 0 Å². The van der Waals surface area contributed by atoms with Gasteiger partial charge in [-0.25, -0.2) is 4.39 Å². The van der Waals surface area contributed by atoms with Crippen LogP contribution in [0.15, 0.2) is 22.7 Å². The summed E-state index contributed by atoms with van der Waals surface area (Å²) in [6.07, 6.45) is 2.20. The number of halogens is 2. The molecule has 4 heteroatoms. The van der Waals surface area contributed by atoms with Gasteiger partial charge in [-0.1, -0.05) is 13.3 Å². The van der Waals surface area contributed by atoms with E-state index in [0.717, 1.165) is 19.4 Å². The van der Waals surface area contributed by atoms with Crippen molar-refractivity contribution >= 4 is 15.9 Å². The number of hydrogen-bond donors (Lipinski definition) is 0. The van der Waals surface area contributed by atoms with Gasteiger partial charge in [0.25, 0.3) is 0 Å². The molecule has 0 fully saturated rings. The lowest BCUT2D eigenvalue weighted by molar-refractivity contribution is 0.0980. The average molecular weight is 291 g/mol. The third-order valence-electron chi connectivity index (χ3n) is 2.03. The molecule has 0 spiro atoms. The van der Waals surface area contributed by atoms with Gasteiger partial charge in [0.2, 0.25) is 0 Å². The fraction of sp³-hybridized carbons (Fsp3) is 0.500. The monoisotopic (exact) mass is 290 g/mol.